The Hall–Kier alpha value is -1.93. The first-order valence-corrected chi connectivity index (χ1v) is 6.30. The zero-order valence-corrected chi connectivity index (χ0v) is 11.2. The van der Waals surface area contributed by atoms with Gasteiger partial charge in [-0.3, -0.25) is 14.2 Å². The number of carbonyl (C=O) groups is 1. The van der Waals surface area contributed by atoms with E-state index in [1.54, 1.807) is 0 Å². The van der Waals surface area contributed by atoms with Gasteiger partial charge >= 0.3 is 5.69 Å². The van der Waals surface area contributed by atoms with Gasteiger partial charge in [-0.25, -0.2) is 4.79 Å². The molecule has 0 saturated carbocycles. The van der Waals surface area contributed by atoms with E-state index in [0.29, 0.717) is 13.2 Å². The number of nitrogens with one attached hydrogen (secondary N) is 1. The molecule has 0 aliphatic carbocycles. The van der Waals surface area contributed by atoms with Gasteiger partial charge in [0, 0.05) is 31.9 Å². The normalized spacial score (nSPS) is 19.7. The number of H-pyrrole nitrogens is 1. The number of aliphatic hydroxyl groups excluding tert-OH is 1. The topological polar surface area (TPSA) is 105 Å². The minimum absolute atomic E-state index is 0.115. The van der Waals surface area contributed by atoms with Gasteiger partial charge in [0.05, 0.1) is 25.7 Å². The molecule has 2 N–H and O–H groups in total. The summed E-state index contributed by atoms with van der Waals surface area (Å²) in [5.41, 5.74) is -0.796. The number of rotatable bonds is 2. The zero-order valence-electron chi connectivity index (χ0n) is 11.2. The largest absolute Gasteiger partial charge is 0.389 e. The second-order valence-corrected chi connectivity index (χ2v) is 4.73. The predicted molar refractivity (Wildman–Crippen MR) is 69.4 cm³/mol. The van der Waals surface area contributed by atoms with Gasteiger partial charge in [0.2, 0.25) is 5.91 Å². The van der Waals surface area contributed by atoms with E-state index in [0.717, 1.165) is 4.57 Å². The Bertz CT molecular complexity index is 606. The lowest BCUT2D eigenvalue weighted by molar-refractivity contribution is -0.131. The van der Waals surface area contributed by atoms with E-state index in [4.69, 9.17) is 4.74 Å². The SMILES string of the molecule is Cn1c(=O)[nH]cc(CC(=O)N2CCOC[C@H](O)C2)c1=O. The van der Waals surface area contributed by atoms with Crippen molar-refractivity contribution in [3.63, 3.8) is 0 Å². The van der Waals surface area contributed by atoms with Crippen LogP contribution in [-0.4, -0.2) is 57.9 Å². The summed E-state index contributed by atoms with van der Waals surface area (Å²) in [7, 11) is 1.35. The van der Waals surface area contributed by atoms with Crippen molar-refractivity contribution in [2.75, 3.05) is 26.3 Å². The maximum Gasteiger partial charge on any atom is 0.328 e. The summed E-state index contributed by atoms with van der Waals surface area (Å²) < 4.78 is 6.06. The molecule has 2 rings (SSSR count). The van der Waals surface area contributed by atoms with Crippen molar-refractivity contribution in [1.82, 2.24) is 14.5 Å². The molecule has 0 radical (unpaired) electrons. The number of carbonyl (C=O) groups excluding carboxylic acids is 1. The molecule has 0 spiro atoms. The van der Waals surface area contributed by atoms with Gasteiger partial charge in [0.15, 0.2) is 0 Å². The first kappa shape index (κ1) is 14.5. The highest BCUT2D eigenvalue weighted by Crippen LogP contribution is 2.03. The number of ether oxygens (including phenoxy) is 1. The van der Waals surface area contributed by atoms with Crippen molar-refractivity contribution < 1.29 is 14.6 Å². The van der Waals surface area contributed by atoms with Crippen LogP contribution in [0.3, 0.4) is 0 Å². The molecule has 8 nitrogen and oxygen atoms in total. The summed E-state index contributed by atoms with van der Waals surface area (Å²) in [5, 5.41) is 9.58. The lowest BCUT2D eigenvalue weighted by Gasteiger charge is -2.21. The third kappa shape index (κ3) is 3.14. The molecule has 1 aliphatic rings. The maximum atomic E-state index is 12.1. The minimum atomic E-state index is -0.722. The van der Waals surface area contributed by atoms with Gasteiger partial charge in [0.1, 0.15) is 0 Å². The second-order valence-electron chi connectivity index (χ2n) is 4.73. The van der Waals surface area contributed by atoms with Gasteiger partial charge in [0.25, 0.3) is 5.56 Å². The molecule has 1 atom stereocenters. The molecule has 1 fully saturated rings. The van der Waals surface area contributed by atoms with Crippen LogP contribution >= 0.6 is 0 Å². The quantitative estimate of drug-likeness (QED) is 0.643. The Balaban J connectivity index is 2.13. The average molecular weight is 283 g/mol. The van der Waals surface area contributed by atoms with E-state index in [-0.39, 0.29) is 31.0 Å². The number of amides is 1. The number of β-amino-alcohol motifs (C(OH)–C–C–N with tert-alkyl or cyclic N) is 1. The van der Waals surface area contributed by atoms with E-state index in [2.05, 4.69) is 4.98 Å². The summed E-state index contributed by atoms with van der Waals surface area (Å²) in [5.74, 6) is -0.279. The van der Waals surface area contributed by atoms with Gasteiger partial charge in [-0.15, -0.1) is 0 Å². The van der Waals surface area contributed by atoms with Crippen LogP contribution in [0.4, 0.5) is 0 Å². The Labute approximate surface area is 114 Å². The number of aliphatic hydroxyl groups is 1. The molecule has 1 saturated heterocycles. The Morgan fingerprint density at radius 3 is 3.05 bits per heavy atom. The van der Waals surface area contributed by atoms with E-state index >= 15 is 0 Å². The number of nitrogens with zero attached hydrogens (tertiary/aromatic N) is 2. The molecule has 20 heavy (non-hydrogen) atoms. The molecule has 8 heteroatoms. The molecule has 110 valence electrons. The number of hydrogen-bond acceptors (Lipinski definition) is 5. The van der Waals surface area contributed by atoms with Gasteiger partial charge in [-0.05, 0) is 0 Å². The van der Waals surface area contributed by atoms with Crippen molar-refractivity contribution in [2.24, 2.45) is 7.05 Å². The zero-order chi connectivity index (χ0) is 14.7. The number of aromatic nitrogens is 2. The van der Waals surface area contributed by atoms with Crippen LogP contribution in [0.25, 0.3) is 0 Å². The highest BCUT2D eigenvalue weighted by Gasteiger charge is 2.22. The van der Waals surface area contributed by atoms with E-state index < -0.39 is 17.4 Å². The van der Waals surface area contributed by atoms with Gasteiger partial charge < -0.3 is 19.7 Å². The molecule has 1 aliphatic heterocycles. The highest BCUT2D eigenvalue weighted by molar-refractivity contribution is 5.78. The lowest BCUT2D eigenvalue weighted by Crippen LogP contribution is -2.41. The fourth-order valence-corrected chi connectivity index (χ4v) is 2.04. The number of hydrogen-bond donors (Lipinski definition) is 2. The molecular formula is C12H17N3O5. The van der Waals surface area contributed by atoms with Gasteiger partial charge in [-0.1, -0.05) is 0 Å². The van der Waals surface area contributed by atoms with E-state index in [1.165, 1.54) is 18.1 Å². The third-order valence-electron chi connectivity index (χ3n) is 3.20. The number of aromatic amines is 1. The highest BCUT2D eigenvalue weighted by atomic mass is 16.5. The van der Waals surface area contributed by atoms with Crippen molar-refractivity contribution in [1.29, 1.82) is 0 Å². The Morgan fingerprint density at radius 1 is 1.55 bits per heavy atom. The fraction of sp³-hybridized carbons (Fsp3) is 0.583. The fourth-order valence-electron chi connectivity index (χ4n) is 2.04. The van der Waals surface area contributed by atoms with Crippen LogP contribution in [0.15, 0.2) is 15.8 Å². The van der Waals surface area contributed by atoms with E-state index in [1.807, 2.05) is 0 Å². The van der Waals surface area contributed by atoms with E-state index in [9.17, 15) is 19.5 Å². The molecule has 0 unspecified atom stereocenters. The first-order chi connectivity index (χ1) is 9.49. The summed E-state index contributed by atoms with van der Waals surface area (Å²) in [6.45, 7) is 1.11. The van der Waals surface area contributed by atoms with Crippen LogP contribution in [0.5, 0.6) is 0 Å². The lowest BCUT2D eigenvalue weighted by atomic mass is 10.2. The van der Waals surface area contributed by atoms with Crippen LogP contribution in [-0.2, 0) is 23.0 Å². The molecule has 2 heterocycles. The Morgan fingerprint density at radius 2 is 2.30 bits per heavy atom. The molecule has 0 bridgehead atoms. The monoisotopic (exact) mass is 283 g/mol. The van der Waals surface area contributed by atoms with Crippen molar-refractivity contribution in [3.05, 3.63) is 32.6 Å². The molecule has 0 aromatic carbocycles. The summed E-state index contributed by atoms with van der Waals surface area (Å²) in [6, 6.07) is 0. The average Bonchev–Trinajstić information content (AvgIpc) is 2.64. The third-order valence-corrected chi connectivity index (χ3v) is 3.20. The van der Waals surface area contributed by atoms with Crippen molar-refractivity contribution >= 4 is 5.91 Å². The molecule has 1 amide bonds. The standard InChI is InChI=1S/C12H17N3O5/c1-14-11(18)8(5-13-12(14)19)4-10(17)15-2-3-20-7-9(16)6-15/h5,9,16H,2-4,6-7H2,1H3,(H,13,19)/t9-/m1/s1. The molecule has 1 aromatic heterocycles. The molecule has 1 aromatic rings. The van der Waals surface area contributed by atoms with Crippen LogP contribution in [0.1, 0.15) is 5.56 Å². The van der Waals surface area contributed by atoms with Crippen LogP contribution in [0.2, 0.25) is 0 Å². The first-order valence-electron chi connectivity index (χ1n) is 6.30. The smallest absolute Gasteiger partial charge is 0.328 e. The van der Waals surface area contributed by atoms with Crippen molar-refractivity contribution in [2.45, 2.75) is 12.5 Å². The van der Waals surface area contributed by atoms with Crippen LogP contribution in [0, 0.1) is 0 Å². The molecular weight excluding hydrogens is 266 g/mol. The minimum Gasteiger partial charge on any atom is -0.389 e. The second kappa shape index (κ2) is 6.02. The maximum absolute atomic E-state index is 12.1. The van der Waals surface area contributed by atoms with Crippen LogP contribution < -0.4 is 11.2 Å². The summed E-state index contributed by atoms with van der Waals surface area (Å²) in [4.78, 5) is 39.1. The van der Waals surface area contributed by atoms with Crippen molar-refractivity contribution in [3.8, 4) is 0 Å². The van der Waals surface area contributed by atoms with Gasteiger partial charge in [-0.2, -0.15) is 0 Å². The summed E-state index contributed by atoms with van der Waals surface area (Å²) >= 11 is 0. The predicted octanol–water partition coefficient (Wildman–Crippen LogP) is -2.16. The summed E-state index contributed by atoms with van der Waals surface area (Å²) in [6.07, 6.45) is 0.420. The Kier molecular flexibility index (Phi) is 4.35.